The lowest BCUT2D eigenvalue weighted by Gasteiger charge is -2.10. The molecule has 0 bridgehead atoms. The Morgan fingerprint density at radius 2 is 2.00 bits per heavy atom. The molecule has 0 amide bonds. The van der Waals surface area contributed by atoms with Gasteiger partial charge in [0.1, 0.15) is 0 Å². The van der Waals surface area contributed by atoms with E-state index < -0.39 is 25.5 Å². The van der Waals surface area contributed by atoms with Crippen LogP contribution in [-0.2, 0) is 4.84 Å². The van der Waals surface area contributed by atoms with Crippen LogP contribution in [-0.4, -0.2) is 42.3 Å². The van der Waals surface area contributed by atoms with E-state index in [2.05, 4.69) is 4.84 Å². The molecule has 74 valence electrons. The van der Waals surface area contributed by atoms with Crippen LogP contribution in [0.25, 0.3) is 0 Å². The third kappa shape index (κ3) is 7.73. The second kappa shape index (κ2) is 5.31. The highest BCUT2D eigenvalue weighted by Gasteiger charge is 2.27. The molecule has 0 unspecified atom stereocenters. The van der Waals surface area contributed by atoms with Crippen LogP contribution in [0.5, 0.6) is 0 Å². The highest BCUT2D eigenvalue weighted by molar-refractivity contribution is 4.51. The molecule has 0 aliphatic heterocycles. The number of rotatable bonds is 5. The molecule has 0 saturated heterocycles. The summed E-state index contributed by atoms with van der Waals surface area (Å²) in [5, 5.41) is 16.8. The minimum atomic E-state index is -4.39. The second-order valence-corrected chi connectivity index (χ2v) is 2.09. The summed E-state index contributed by atoms with van der Waals surface area (Å²) in [6.07, 6.45) is -5.50. The quantitative estimate of drug-likeness (QED) is 0.400. The van der Waals surface area contributed by atoms with E-state index in [9.17, 15) is 13.2 Å². The van der Waals surface area contributed by atoms with Crippen molar-refractivity contribution in [2.75, 3.05) is 19.8 Å². The first kappa shape index (κ1) is 11.6. The zero-order chi connectivity index (χ0) is 9.61. The van der Waals surface area contributed by atoms with E-state index in [0.29, 0.717) is 0 Å². The normalized spacial score (nSPS) is 14.8. The van der Waals surface area contributed by atoms with E-state index in [-0.39, 0.29) is 6.54 Å². The summed E-state index contributed by atoms with van der Waals surface area (Å²) in [5.41, 5.74) is 1.86. The fourth-order valence-corrected chi connectivity index (χ4v) is 0.353. The Kier molecular flexibility index (Phi) is 5.14. The summed E-state index contributed by atoms with van der Waals surface area (Å²) in [6, 6.07) is 0. The molecule has 4 nitrogen and oxygen atoms in total. The molecule has 0 heterocycles. The van der Waals surface area contributed by atoms with Crippen molar-refractivity contribution in [3.63, 3.8) is 0 Å². The third-order valence-corrected chi connectivity index (χ3v) is 0.868. The van der Waals surface area contributed by atoms with E-state index in [0.717, 1.165) is 0 Å². The van der Waals surface area contributed by atoms with Crippen LogP contribution < -0.4 is 5.48 Å². The number of nitrogens with one attached hydrogen (secondary N) is 1. The summed E-state index contributed by atoms with van der Waals surface area (Å²) < 4.78 is 34.2. The first-order valence-corrected chi connectivity index (χ1v) is 3.16. The molecule has 0 aromatic carbocycles. The Morgan fingerprint density at radius 1 is 1.42 bits per heavy atom. The molecular formula is C5H10F3NO3. The van der Waals surface area contributed by atoms with E-state index >= 15 is 0 Å². The number of hydrogen-bond donors (Lipinski definition) is 3. The second-order valence-electron chi connectivity index (χ2n) is 2.09. The lowest BCUT2D eigenvalue weighted by Crippen LogP contribution is -2.32. The van der Waals surface area contributed by atoms with Crippen LogP contribution in [0.1, 0.15) is 0 Å². The summed E-state index contributed by atoms with van der Waals surface area (Å²) >= 11 is 0. The van der Waals surface area contributed by atoms with Gasteiger partial charge in [0.05, 0.1) is 12.7 Å². The van der Waals surface area contributed by atoms with Crippen molar-refractivity contribution in [2.45, 2.75) is 12.3 Å². The Bertz CT molecular complexity index is 119. The Labute approximate surface area is 66.9 Å². The van der Waals surface area contributed by atoms with Crippen LogP contribution in [0.4, 0.5) is 13.2 Å². The molecule has 12 heavy (non-hydrogen) atoms. The molecule has 0 aliphatic carbocycles. The van der Waals surface area contributed by atoms with Crippen molar-refractivity contribution < 1.29 is 28.2 Å². The van der Waals surface area contributed by atoms with Gasteiger partial charge in [-0.15, -0.1) is 0 Å². The highest BCUT2D eigenvalue weighted by Crippen LogP contribution is 2.13. The lowest BCUT2D eigenvalue weighted by molar-refractivity contribution is -0.191. The molecular weight excluding hydrogens is 179 g/mol. The Morgan fingerprint density at radius 3 is 2.42 bits per heavy atom. The van der Waals surface area contributed by atoms with E-state index in [4.69, 9.17) is 10.2 Å². The Hall–Kier alpha value is -0.370. The van der Waals surface area contributed by atoms with Crippen molar-refractivity contribution >= 4 is 0 Å². The summed E-state index contributed by atoms with van der Waals surface area (Å²) in [4.78, 5) is 3.92. The largest absolute Gasteiger partial charge is 0.413 e. The SMILES string of the molecule is OC[C@@H](O)CNOCC(F)(F)F. The van der Waals surface area contributed by atoms with Crippen LogP contribution in [0.2, 0.25) is 0 Å². The molecule has 0 aliphatic rings. The van der Waals surface area contributed by atoms with Gasteiger partial charge < -0.3 is 10.2 Å². The smallest absolute Gasteiger partial charge is 0.394 e. The number of alkyl halides is 3. The fourth-order valence-electron chi connectivity index (χ4n) is 0.353. The monoisotopic (exact) mass is 189 g/mol. The topological polar surface area (TPSA) is 61.7 Å². The van der Waals surface area contributed by atoms with Crippen LogP contribution >= 0.6 is 0 Å². The summed E-state index contributed by atoms with van der Waals surface area (Å²) in [5.74, 6) is 0. The molecule has 0 spiro atoms. The van der Waals surface area contributed by atoms with Gasteiger partial charge in [0.25, 0.3) is 0 Å². The average Bonchev–Trinajstić information content (AvgIpc) is 1.96. The highest BCUT2D eigenvalue weighted by atomic mass is 19.4. The number of halogens is 3. The maximum atomic E-state index is 11.4. The van der Waals surface area contributed by atoms with Crippen molar-refractivity contribution in [1.29, 1.82) is 0 Å². The van der Waals surface area contributed by atoms with E-state index in [1.165, 1.54) is 0 Å². The van der Waals surface area contributed by atoms with Crippen LogP contribution in [0, 0.1) is 0 Å². The molecule has 0 saturated carbocycles. The molecule has 1 atom stereocenters. The van der Waals surface area contributed by atoms with Gasteiger partial charge in [-0.1, -0.05) is 0 Å². The Balaban J connectivity index is 3.22. The van der Waals surface area contributed by atoms with Crippen LogP contribution in [0.15, 0.2) is 0 Å². The number of hydroxylamine groups is 1. The van der Waals surface area contributed by atoms with Gasteiger partial charge >= 0.3 is 6.18 Å². The van der Waals surface area contributed by atoms with Gasteiger partial charge in [0.2, 0.25) is 0 Å². The molecule has 0 aromatic heterocycles. The number of hydrogen-bond acceptors (Lipinski definition) is 4. The van der Waals surface area contributed by atoms with Gasteiger partial charge in [-0.2, -0.15) is 18.7 Å². The van der Waals surface area contributed by atoms with Gasteiger partial charge in [0, 0.05) is 6.54 Å². The molecule has 0 aromatic rings. The number of aliphatic hydroxyl groups is 2. The third-order valence-electron chi connectivity index (χ3n) is 0.868. The van der Waals surface area contributed by atoms with Crippen LogP contribution in [0.3, 0.4) is 0 Å². The molecule has 3 N–H and O–H groups in total. The van der Waals surface area contributed by atoms with E-state index in [1.54, 1.807) is 0 Å². The average molecular weight is 189 g/mol. The maximum Gasteiger partial charge on any atom is 0.413 e. The first-order valence-electron chi connectivity index (χ1n) is 3.16. The fraction of sp³-hybridized carbons (Fsp3) is 1.00. The predicted octanol–water partition coefficient (Wildman–Crippen LogP) is -0.577. The summed E-state index contributed by atoms with van der Waals surface area (Å²) in [6.45, 7) is -2.19. The molecule has 0 rings (SSSR count). The minimum Gasteiger partial charge on any atom is -0.394 e. The van der Waals surface area contributed by atoms with Crippen molar-refractivity contribution in [3.8, 4) is 0 Å². The summed E-state index contributed by atoms with van der Waals surface area (Å²) in [7, 11) is 0. The van der Waals surface area contributed by atoms with Gasteiger partial charge in [-0.3, -0.25) is 4.84 Å². The molecule has 0 radical (unpaired) electrons. The lowest BCUT2D eigenvalue weighted by atomic mass is 10.4. The van der Waals surface area contributed by atoms with Crippen molar-refractivity contribution in [3.05, 3.63) is 0 Å². The van der Waals surface area contributed by atoms with Crippen molar-refractivity contribution in [1.82, 2.24) is 5.48 Å². The minimum absolute atomic E-state index is 0.243. The maximum absolute atomic E-state index is 11.4. The number of aliphatic hydroxyl groups excluding tert-OH is 2. The predicted molar refractivity (Wildman–Crippen MR) is 33.1 cm³/mol. The zero-order valence-electron chi connectivity index (χ0n) is 6.14. The van der Waals surface area contributed by atoms with Gasteiger partial charge in [0.15, 0.2) is 6.61 Å². The van der Waals surface area contributed by atoms with E-state index in [1.807, 2.05) is 5.48 Å². The molecule has 0 fully saturated rings. The van der Waals surface area contributed by atoms with Gasteiger partial charge in [-0.05, 0) is 0 Å². The zero-order valence-corrected chi connectivity index (χ0v) is 6.14. The first-order chi connectivity index (χ1) is 5.45. The molecule has 7 heteroatoms. The standard InChI is InChI=1S/C5H10F3NO3/c6-5(7,8)3-12-9-1-4(11)2-10/h4,9-11H,1-3H2/t4-/m0/s1. The van der Waals surface area contributed by atoms with Crippen molar-refractivity contribution in [2.24, 2.45) is 0 Å². The van der Waals surface area contributed by atoms with Gasteiger partial charge in [-0.25, -0.2) is 0 Å².